The maximum Gasteiger partial charge on any atom is 0.271 e. The van der Waals surface area contributed by atoms with Gasteiger partial charge in [-0.2, -0.15) is 5.10 Å². The van der Waals surface area contributed by atoms with E-state index in [9.17, 15) is 4.79 Å². The number of H-pyrrole nitrogens is 1. The van der Waals surface area contributed by atoms with Crippen molar-refractivity contribution in [3.63, 3.8) is 0 Å². The van der Waals surface area contributed by atoms with Crippen molar-refractivity contribution in [2.24, 2.45) is 0 Å². The first kappa shape index (κ1) is 13.7. The van der Waals surface area contributed by atoms with Crippen LogP contribution in [0, 0.1) is 0 Å². The summed E-state index contributed by atoms with van der Waals surface area (Å²) >= 11 is 0. The predicted molar refractivity (Wildman–Crippen MR) is 73.7 cm³/mol. The average Bonchev–Trinajstić information content (AvgIpc) is 2.90. The highest BCUT2D eigenvalue weighted by Gasteiger charge is 2.12. The zero-order chi connectivity index (χ0) is 14.5. The lowest BCUT2D eigenvalue weighted by Gasteiger charge is -2.11. The van der Waals surface area contributed by atoms with Gasteiger partial charge < -0.3 is 20.5 Å². The van der Waals surface area contributed by atoms with E-state index in [4.69, 9.17) is 15.2 Å². The molecule has 0 aliphatic rings. The summed E-state index contributed by atoms with van der Waals surface area (Å²) in [6.07, 6.45) is 1.39. The Balaban J connectivity index is 2.10. The van der Waals surface area contributed by atoms with E-state index in [0.717, 1.165) is 5.56 Å². The van der Waals surface area contributed by atoms with Crippen molar-refractivity contribution >= 4 is 11.6 Å². The summed E-state index contributed by atoms with van der Waals surface area (Å²) in [5, 5.41) is 9.00. The highest BCUT2D eigenvalue weighted by Crippen LogP contribution is 2.23. The van der Waals surface area contributed by atoms with Crippen LogP contribution in [0.1, 0.15) is 16.1 Å². The number of nitrogens with one attached hydrogen (secondary N) is 2. The van der Waals surface area contributed by atoms with Gasteiger partial charge in [-0.25, -0.2) is 0 Å². The molecule has 1 amide bonds. The molecule has 0 bridgehead atoms. The fourth-order valence-corrected chi connectivity index (χ4v) is 1.76. The van der Waals surface area contributed by atoms with Crippen LogP contribution in [0.15, 0.2) is 24.4 Å². The smallest absolute Gasteiger partial charge is 0.271 e. The molecule has 1 aromatic heterocycles. The molecule has 7 heteroatoms. The van der Waals surface area contributed by atoms with Crippen LogP contribution in [-0.4, -0.2) is 30.3 Å². The minimum atomic E-state index is -0.329. The van der Waals surface area contributed by atoms with Crippen LogP contribution in [0.4, 0.5) is 5.69 Å². The van der Waals surface area contributed by atoms with Gasteiger partial charge in [0.05, 0.1) is 26.1 Å². The van der Waals surface area contributed by atoms with Crippen LogP contribution >= 0.6 is 0 Å². The molecule has 20 heavy (non-hydrogen) atoms. The van der Waals surface area contributed by atoms with E-state index < -0.39 is 0 Å². The summed E-state index contributed by atoms with van der Waals surface area (Å²) in [6.45, 7) is 0.289. The fourth-order valence-electron chi connectivity index (χ4n) is 1.76. The van der Waals surface area contributed by atoms with Crippen molar-refractivity contribution in [2.75, 3.05) is 20.0 Å². The number of ether oxygens (including phenoxy) is 2. The molecule has 1 heterocycles. The zero-order valence-corrected chi connectivity index (χ0v) is 11.3. The summed E-state index contributed by atoms with van der Waals surface area (Å²) in [5.74, 6) is 1.03. The largest absolute Gasteiger partial charge is 0.497 e. The third kappa shape index (κ3) is 2.82. The third-order valence-corrected chi connectivity index (χ3v) is 2.82. The Bertz CT molecular complexity index is 609. The Labute approximate surface area is 116 Å². The van der Waals surface area contributed by atoms with Crippen molar-refractivity contribution in [3.8, 4) is 11.5 Å². The molecule has 2 rings (SSSR count). The summed E-state index contributed by atoms with van der Waals surface area (Å²) in [4.78, 5) is 11.9. The number of aromatic nitrogens is 2. The number of nitrogens with two attached hydrogens (primary N) is 1. The van der Waals surface area contributed by atoms with E-state index in [0.29, 0.717) is 17.2 Å². The number of aromatic amines is 1. The molecule has 0 saturated carbocycles. The molecule has 0 spiro atoms. The Morgan fingerprint density at radius 2 is 2.20 bits per heavy atom. The van der Waals surface area contributed by atoms with E-state index in [1.165, 1.54) is 6.20 Å². The normalized spacial score (nSPS) is 10.1. The number of rotatable bonds is 5. The lowest BCUT2D eigenvalue weighted by molar-refractivity contribution is 0.0946. The highest BCUT2D eigenvalue weighted by atomic mass is 16.5. The molecule has 0 fully saturated rings. The molecule has 2 aromatic rings. The number of carbonyl (C=O) groups excluding carboxylic acids is 1. The molecular weight excluding hydrogens is 260 g/mol. The second-order valence-corrected chi connectivity index (χ2v) is 4.06. The molecule has 106 valence electrons. The molecule has 7 nitrogen and oxygen atoms in total. The van der Waals surface area contributed by atoms with Crippen LogP contribution in [0.3, 0.4) is 0 Å². The Morgan fingerprint density at radius 3 is 2.80 bits per heavy atom. The number of nitrogens with zero attached hydrogens (tertiary/aromatic N) is 1. The second-order valence-electron chi connectivity index (χ2n) is 4.06. The lowest BCUT2D eigenvalue weighted by Crippen LogP contribution is -2.24. The van der Waals surface area contributed by atoms with Gasteiger partial charge in [-0.05, 0) is 18.2 Å². The van der Waals surface area contributed by atoms with Crippen LogP contribution in [0.25, 0.3) is 0 Å². The first-order valence-electron chi connectivity index (χ1n) is 5.93. The summed E-state index contributed by atoms with van der Waals surface area (Å²) in [7, 11) is 3.15. The zero-order valence-electron chi connectivity index (χ0n) is 11.3. The fraction of sp³-hybridized carbons (Fsp3) is 0.231. The van der Waals surface area contributed by atoms with Gasteiger partial charge in [-0.3, -0.25) is 9.89 Å². The second kappa shape index (κ2) is 5.96. The molecule has 0 atom stereocenters. The quantitative estimate of drug-likeness (QED) is 0.754. The summed E-state index contributed by atoms with van der Waals surface area (Å²) < 4.78 is 10.4. The first-order valence-corrected chi connectivity index (χ1v) is 5.93. The van der Waals surface area contributed by atoms with E-state index in [1.54, 1.807) is 32.4 Å². The number of amides is 1. The van der Waals surface area contributed by atoms with Crippen molar-refractivity contribution in [2.45, 2.75) is 6.54 Å². The number of methoxy groups -OCH3 is 2. The lowest BCUT2D eigenvalue weighted by atomic mass is 10.2. The van der Waals surface area contributed by atoms with Gasteiger partial charge in [0, 0.05) is 12.1 Å². The van der Waals surface area contributed by atoms with Gasteiger partial charge in [0.2, 0.25) is 0 Å². The van der Waals surface area contributed by atoms with E-state index in [1.807, 2.05) is 0 Å². The number of nitrogen functional groups attached to an aromatic ring is 1. The van der Waals surface area contributed by atoms with E-state index in [-0.39, 0.29) is 18.1 Å². The number of carbonyl (C=O) groups is 1. The maximum absolute atomic E-state index is 11.9. The number of benzene rings is 1. The Morgan fingerprint density at radius 1 is 1.40 bits per heavy atom. The van der Waals surface area contributed by atoms with Gasteiger partial charge >= 0.3 is 0 Å². The minimum absolute atomic E-state index is 0.242. The molecule has 0 unspecified atom stereocenters. The van der Waals surface area contributed by atoms with Gasteiger partial charge in [0.1, 0.15) is 17.2 Å². The first-order chi connectivity index (χ1) is 9.65. The van der Waals surface area contributed by atoms with Crippen molar-refractivity contribution in [1.82, 2.24) is 15.5 Å². The van der Waals surface area contributed by atoms with Crippen LogP contribution in [-0.2, 0) is 6.54 Å². The molecule has 0 saturated heterocycles. The molecular formula is C13H16N4O3. The molecule has 0 aliphatic heterocycles. The van der Waals surface area contributed by atoms with Gasteiger partial charge in [-0.1, -0.05) is 0 Å². The standard InChI is InChI=1S/C13H16N4O3/c1-19-9-3-4-11(20-2)8(5-9)6-15-13(18)12-10(14)7-16-17-12/h3-5,7H,6,14H2,1-2H3,(H,15,18)(H,16,17). The number of anilines is 1. The van der Waals surface area contributed by atoms with E-state index in [2.05, 4.69) is 15.5 Å². The monoisotopic (exact) mass is 276 g/mol. The van der Waals surface area contributed by atoms with Crippen LogP contribution in [0.2, 0.25) is 0 Å². The maximum atomic E-state index is 11.9. The molecule has 0 radical (unpaired) electrons. The minimum Gasteiger partial charge on any atom is -0.497 e. The van der Waals surface area contributed by atoms with Gasteiger partial charge in [0.15, 0.2) is 0 Å². The van der Waals surface area contributed by atoms with Gasteiger partial charge in [-0.15, -0.1) is 0 Å². The number of hydrogen-bond donors (Lipinski definition) is 3. The van der Waals surface area contributed by atoms with Crippen molar-refractivity contribution in [1.29, 1.82) is 0 Å². The molecule has 4 N–H and O–H groups in total. The van der Waals surface area contributed by atoms with Crippen LogP contribution in [0.5, 0.6) is 11.5 Å². The Hall–Kier alpha value is -2.70. The third-order valence-electron chi connectivity index (χ3n) is 2.82. The summed E-state index contributed by atoms with van der Waals surface area (Å²) in [6, 6.07) is 5.37. The molecule has 1 aromatic carbocycles. The Kier molecular flexibility index (Phi) is 4.09. The highest BCUT2D eigenvalue weighted by molar-refractivity contribution is 5.96. The predicted octanol–water partition coefficient (Wildman–Crippen LogP) is 0.939. The topological polar surface area (TPSA) is 102 Å². The van der Waals surface area contributed by atoms with E-state index >= 15 is 0 Å². The van der Waals surface area contributed by atoms with Crippen LogP contribution < -0.4 is 20.5 Å². The molecule has 0 aliphatic carbocycles. The van der Waals surface area contributed by atoms with Crippen molar-refractivity contribution < 1.29 is 14.3 Å². The SMILES string of the molecule is COc1ccc(OC)c(CNC(=O)c2[nH]ncc2N)c1. The average molecular weight is 276 g/mol. The summed E-state index contributed by atoms with van der Waals surface area (Å²) in [5.41, 5.74) is 6.96. The number of hydrogen-bond acceptors (Lipinski definition) is 5. The van der Waals surface area contributed by atoms with Crippen molar-refractivity contribution in [3.05, 3.63) is 35.7 Å². The van der Waals surface area contributed by atoms with Gasteiger partial charge in [0.25, 0.3) is 5.91 Å².